The second-order valence-electron chi connectivity index (χ2n) is 6.77. The zero-order valence-electron chi connectivity index (χ0n) is 14.2. The minimum atomic E-state index is 0.371. The van der Waals surface area contributed by atoms with Crippen LogP contribution in [-0.2, 0) is 0 Å². The van der Waals surface area contributed by atoms with Gasteiger partial charge in [-0.05, 0) is 41.7 Å². The van der Waals surface area contributed by atoms with Crippen LogP contribution in [0.5, 0.6) is 0 Å². The maximum absolute atomic E-state index is 2.43. The molecule has 0 bridgehead atoms. The Morgan fingerprint density at radius 2 is 1.29 bits per heavy atom. The zero-order chi connectivity index (χ0) is 16.5. The highest BCUT2D eigenvalue weighted by molar-refractivity contribution is 5.62. The highest BCUT2D eigenvalue weighted by atomic mass is 14.3. The molecule has 24 heavy (non-hydrogen) atoms. The van der Waals surface area contributed by atoms with Gasteiger partial charge in [0, 0.05) is 11.8 Å². The second-order valence-corrected chi connectivity index (χ2v) is 6.77. The molecular formula is C24H22. The summed E-state index contributed by atoms with van der Waals surface area (Å²) in [6, 6.07) is 21.6. The Morgan fingerprint density at radius 3 is 1.96 bits per heavy atom. The zero-order valence-corrected chi connectivity index (χ0v) is 14.2. The molecule has 0 N–H and O–H groups in total. The van der Waals surface area contributed by atoms with Gasteiger partial charge < -0.3 is 0 Å². The number of hydrogen-bond acceptors (Lipinski definition) is 0. The van der Waals surface area contributed by atoms with Crippen LogP contribution in [0.4, 0.5) is 0 Å². The van der Waals surface area contributed by atoms with Gasteiger partial charge in [-0.1, -0.05) is 90.5 Å². The first-order valence-corrected chi connectivity index (χ1v) is 8.63. The lowest BCUT2D eigenvalue weighted by molar-refractivity contribution is 1.02. The van der Waals surface area contributed by atoms with Gasteiger partial charge in [0.1, 0.15) is 0 Å². The Morgan fingerprint density at radius 1 is 0.667 bits per heavy atom. The average molecular weight is 310 g/mol. The second kappa shape index (κ2) is 6.13. The van der Waals surface area contributed by atoms with Crippen molar-refractivity contribution in [3.05, 3.63) is 118 Å². The lowest BCUT2D eigenvalue weighted by atomic mass is 9.87. The Hall–Kier alpha value is -2.60. The summed E-state index contributed by atoms with van der Waals surface area (Å²) in [7, 11) is 0. The van der Waals surface area contributed by atoms with Gasteiger partial charge in [-0.3, -0.25) is 0 Å². The molecule has 4 rings (SSSR count). The largest absolute Gasteiger partial charge is 0.0697 e. The van der Waals surface area contributed by atoms with Crippen molar-refractivity contribution < 1.29 is 0 Å². The van der Waals surface area contributed by atoms with Gasteiger partial charge in [0.2, 0.25) is 0 Å². The molecule has 0 fully saturated rings. The highest BCUT2D eigenvalue weighted by Gasteiger charge is 2.26. The van der Waals surface area contributed by atoms with E-state index in [9.17, 15) is 0 Å². The van der Waals surface area contributed by atoms with Gasteiger partial charge in [-0.2, -0.15) is 0 Å². The topological polar surface area (TPSA) is 0 Å². The van der Waals surface area contributed by atoms with E-state index in [2.05, 4.69) is 98.8 Å². The van der Waals surface area contributed by atoms with Gasteiger partial charge in [0.15, 0.2) is 0 Å². The summed E-state index contributed by atoms with van der Waals surface area (Å²) in [5.74, 6) is 0.759. The fourth-order valence-corrected chi connectivity index (χ4v) is 3.83. The van der Waals surface area contributed by atoms with Crippen LogP contribution >= 0.6 is 0 Å². The summed E-state index contributed by atoms with van der Waals surface area (Å²) in [6.45, 7) is 4.44. The molecule has 0 spiro atoms. The van der Waals surface area contributed by atoms with Crippen molar-refractivity contribution in [3.8, 4) is 0 Å². The highest BCUT2D eigenvalue weighted by Crippen LogP contribution is 2.43. The van der Waals surface area contributed by atoms with Crippen molar-refractivity contribution >= 4 is 0 Å². The molecule has 2 aromatic rings. The lowest BCUT2D eigenvalue weighted by Gasteiger charge is -2.16. The molecule has 0 aromatic heterocycles. The van der Waals surface area contributed by atoms with E-state index in [1.54, 1.807) is 0 Å². The minimum Gasteiger partial charge on any atom is -0.0697 e. The normalized spacial score (nSPS) is 22.8. The molecule has 2 unspecified atom stereocenters. The third-order valence-electron chi connectivity index (χ3n) is 5.00. The van der Waals surface area contributed by atoms with Gasteiger partial charge >= 0.3 is 0 Å². The molecule has 0 nitrogen and oxygen atoms in total. The first kappa shape index (κ1) is 15.0. The maximum Gasteiger partial charge on any atom is 0.0281 e. The van der Waals surface area contributed by atoms with Crippen LogP contribution in [0.15, 0.2) is 107 Å². The predicted octanol–water partition coefficient (Wildman–Crippen LogP) is 6.33. The quantitative estimate of drug-likeness (QED) is 0.621. The van der Waals surface area contributed by atoms with Crippen molar-refractivity contribution in [3.63, 3.8) is 0 Å². The third-order valence-corrected chi connectivity index (χ3v) is 5.00. The predicted molar refractivity (Wildman–Crippen MR) is 102 cm³/mol. The van der Waals surface area contributed by atoms with Crippen LogP contribution in [0, 0.1) is 0 Å². The number of benzene rings is 2. The van der Waals surface area contributed by atoms with Crippen molar-refractivity contribution in [2.75, 3.05) is 0 Å². The summed E-state index contributed by atoms with van der Waals surface area (Å²) in [5.41, 5.74) is 8.33. The molecule has 118 valence electrons. The molecule has 0 saturated carbocycles. The lowest BCUT2D eigenvalue weighted by Crippen LogP contribution is -2.00. The van der Waals surface area contributed by atoms with Gasteiger partial charge in [0.25, 0.3) is 0 Å². The summed E-state index contributed by atoms with van der Waals surface area (Å²) in [4.78, 5) is 0. The molecule has 2 aromatic carbocycles. The van der Waals surface area contributed by atoms with Gasteiger partial charge in [0.05, 0.1) is 0 Å². The van der Waals surface area contributed by atoms with E-state index in [-0.39, 0.29) is 0 Å². The number of hydrogen-bond donors (Lipinski definition) is 0. The van der Waals surface area contributed by atoms with Crippen LogP contribution in [-0.4, -0.2) is 0 Å². The van der Waals surface area contributed by atoms with Crippen LogP contribution in [0.1, 0.15) is 36.8 Å². The molecule has 0 saturated heterocycles. The molecule has 2 atom stereocenters. The molecule has 0 aliphatic heterocycles. The van der Waals surface area contributed by atoms with E-state index >= 15 is 0 Å². The molecule has 0 amide bonds. The summed E-state index contributed by atoms with van der Waals surface area (Å²) >= 11 is 0. The molecule has 0 heteroatoms. The van der Waals surface area contributed by atoms with E-state index < -0.39 is 0 Å². The Labute approximate surface area is 144 Å². The van der Waals surface area contributed by atoms with Crippen molar-refractivity contribution in [2.45, 2.75) is 25.7 Å². The Kier molecular flexibility index (Phi) is 3.82. The SMILES string of the molecule is CC1=CC(c2ccccc2)C(C2=CC(c3ccccc3)C=C2C)=C1. The molecule has 2 aliphatic rings. The monoisotopic (exact) mass is 310 g/mol. The Bertz CT molecular complexity index is 861. The Balaban J connectivity index is 1.71. The van der Waals surface area contributed by atoms with Crippen LogP contribution in [0.2, 0.25) is 0 Å². The van der Waals surface area contributed by atoms with E-state index in [1.807, 2.05) is 0 Å². The number of allylic oxidation sites excluding steroid dienone is 8. The van der Waals surface area contributed by atoms with Crippen molar-refractivity contribution in [1.29, 1.82) is 0 Å². The number of rotatable bonds is 3. The molecular weight excluding hydrogens is 288 g/mol. The van der Waals surface area contributed by atoms with E-state index in [0.29, 0.717) is 11.8 Å². The van der Waals surface area contributed by atoms with E-state index in [1.165, 1.54) is 33.4 Å². The fraction of sp³-hybridized carbons (Fsp3) is 0.167. The van der Waals surface area contributed by atoms with Crippen LogP contribution < -0.4 is 0 Å². The van der Waals surface area contributed by atoms with Crippen molar-refractivity contribution in [1.82, 2.24) is 0 Å². The minimum absolute atomic E-state index is 0.371. The standard InChI is InChI=1S/C24H22/c1-17-13-23(20-11-7-4-8-12-20)24(14-17)22-16-21(15-18(22)2)19-9-5-3-6-10-19/h3-16,21,23H,1-2H3. The van der Waals surface area contributed by atoms with Gasteiger partial charge in [-0.25, -0.2) is 0 Å². The summed E-state index contributed by atoms with van der Waals surface area (Å²) in [5, 5.41) is 0. The first-order chi connectivity index (χ1) is 11.7. The molecule has 0 radical (unpaired) electrons. The maximum atomic E-state index is 2.43. The molecule has 0 heterocycles. The van der Waals surface area contributed by atoms with Gasteiger partial charge in [-0.15, -0.1) is 0 Å². The smallest absolute Gasteiger partial charge is 0.0281 e. The van der Waals surface area contributed by atoms with Crippen LogP contribution in [0.25, 0.3) is 0 Å². The summed E-state index contributed by atoms with van der Waals surface area (Å²) in [6.07, 6.45) is 9.56. The first-order valence-electron chi connectivity index (χ1n) is 8.63. The van der Waals surface area contributed by atoms with Crippen molar-refractivity contribution in [2.24, 2.45) is 0 Å². The van der Waals surface area contributed by atoms with Crippen LogP contribution in [0.3, 0.4) is 0 Å². The van der Waals surface area contributed by atoms with E-state index in [4.69, 9.17) is 0 Å². The average Bonchev–Trinajstić information content (AvgIpc) is 3.19. The fourth-order valence-electron chi connectivity index (χ4n) is 3.83. The molecule has 2 aliphatic carbocycles. The van der Waals surface area contributed by atoms with E-state index in [0.717, 1.165) is 0 Å². The third kappa shape index (κ3) is 2.69. The summed E-state index contributed by atoms with van der Waals surface area (Å²) < 4.78 is 0.